The van der Waals surface area contributed by atoms with E-state index in [1.165, 1.54) is 0 Å². The number of nitrogens with two attached hydrogens (primary N) is 1. The Hall–Kier alpha value is -3.64. The van der Waals surface area contributed by atoms with Gasteiger partial charge in [0, 0.05) is 16.0 Å². The van der Waals surface area contributed by atoms with Gasteiger partial charge in [0.2, 0.25) is 5.95 Å². The van der Waals surface area contributed by atoms with Crippen molar-refractivity contribution < 1.29 is 14.6 Å². The molecule has 144 valence electrons. The smallest absolute Gasteiger partial charge is 0.335 e. The zero-order chi connectivity index (χ0) is 20.4. The van der Waals surface area contributed by atoms with Crippen molar-refractivity contribution >= 4 is 34.4 Å². The van der Waals surface area contributed by atoms with E-state index in [0.29, 0.717) is 22.0 Å². The number of aromatic carboxylic acids is 1. The van der Waals surface area contributed by atoms with Crippen LogP contribution in [0.1, 0.15) is 15.9 Å². The predicted octanol–water partition coefficient (Wildman–Crippen LogP) is 4.81. The first kappa shape index (κ1) is 18.7. The van der Waals surface area contributed by atoms with Crippen LogP contribution in [0.15, 0.2) is 66.7 Å². The number of rotatable bonds is 5. The molecule has 1 aromatic heterocycles. The maximum Gasteiger partial charge on any atom is 0.335 e. The summed E-state index contributed by atoms with van der Waals surface area (Å²) >= 11 is 6.15. The molecule has 0 aliphatic carbocycles. The van der Waals surface area contributed by atoms with E-state index in [0.717, 1.165) is 16.5 Å². The number of anilines is 1. The number of benzene rings is 3. The average molecular weight is 406 g/mol. The molecule has 7 heteroatoms. The van der Waals surface area contributed by atoms with Gasteiger partial charge < -0.3 is 15.6 Å². The third kappa shape index (κ3) is 4.12. The molecule has 0 spiro atoms. The highest BCUT2D eigenvalue weighted by molar-refractivity contribution is 6.31. The molecular formula is C22H16ClN3O3. The third-order valence-electron chi connectivity index (χ3n) is 4.36. The molecule has 0 fully saturated rings. The highest BCUT2D eigenvalue weighted by Crippen LogP contribution is 2.31. The number of ether oxygens (including phenoxy) is 1. The van der Waals surface area contributed by atoms with Crippen LogP contribution in [-0.4, -0.2) is 21.0 Å². The van der Waals surface area contributed by atoms with Gasteiger partial charge in [0.15, 0.2) is 0 Å². The number of hydrogen-bond donors (Lipinski definition) is 2. The molecule has 0 aliphatic heterocycles. The molecule has 1 heterocycles. The summed E-state index contributed by atoms with van der Waals surface area (Å²) in [5.74, 6) is -0.178. The van der Waals surface area contributed by atoms with Gasteiger partial charge in [-0.25, -0.2) is 14.8 Å². The number of aromatic nitrogens is 2. The molecule has 29 heavy (non-hydrogen) atoms. The fraction of sp³-hybridized carbons (Fsp3) is 0.0455. The zero-order valence-corrected chi connectivity index (χ0v) is 15.9. The van der Waals surface area contributed by atoms with Gasteiger partial charge in [-0.3, -0.25) is 0 Å². The molecule has 6 nitrogen and oxygen atoms in total. The molecule has 4 aromatic rings. The largest absolute Gasteiger partial charge is 0.489 e. The van der Waals surface area contributed by atoms with E-state index < -0.39 is 5.97 Å². The lowest BCUT2D eigenvalue weighted by atomic mass is 10.1. The monoisotopic (exact) mass is 405 g/mol. The minimum absolute atomic E-state index is 0.173. The van der Waals surface area contributed by atoms with Crippen LogP contribution in [0.2, 0.25) is 5.02 Å². The normalized spacial score (nSPS) is 10.8. The molecule has 3 aromatic carbocycles. The van der Waals surface area contributed by atoms with Crippen LogP contribution in [0.4, 0.5) is 5.95 Å². The van der Waals surface area contributed by atoms with Crippen molar-refractivity contribution in [3.8, 4) is 17.0 Å². The summed E-state index contributed by atoms with van der Waals surface area (Å²) in [6.07, 6.45) is 0. The Morgan fingerprint density at radius 2 is 1.86 bits per heavy atom. The van der Waals surface area contributed by atoms with Crippen LogP contribution in [0.5, 0.6) is 5.75 Å². The SMILES string of the molecule is Nc1nc(-c2cccc(OCc3cccc(C(=O)O)c3)c2)c2cc(Cl)ccc2n1. The topological polar surface area (TPSA) is 98.3 Å². The molecular weight excluding hydrogens is 390 g/mol. The Kier molecular flexibility index (Phi) is 5.01. The van der Waals surface area contributed by atoms with Crippen molar-refractivity contribution in [3.05, 3.63) is 82.9 Å². The Labute approximate surface area is 171 Å². The molecule has 0 radical (unpaired) electrons. The van der Waals surface area contributed by atoms with E-state index in [1.807, 2.05) is 30.3 Å². The van der Waals surface area contributed by atoms with Gasteiger partial charge >= 0.3 is 5.97 Å². The summed E-state index contributed by atoms with van der Waals surface area (Å²) in [6.45, 7) is 0.239. The summed E-state index contributed by atoms with van der Waals surface area (Å²) in [7, 11) is 0. The van der Waals surface area contributed by atoms with Gasteiger partial charge in [-0.15, -0.1) is 0 Å². The summed E-state index contributed by atoms with van der Waals surface area (Å²) in [5.41, 5.74) is 9.03. The first-order chi connectivity index (χ1) is 14.0. The van der Waals surface area contributed by atoms with Crippen LogP contribution < -0.4 is 10.5 Å². The van der Waals surface area contributed by atoms with Crippen molar-refractivity contribution in [1.29, 1.82) is 0 Å². The maximum absolute atomic E-state index is 11.1. The number of halogens is 1. The molecule has 4 rings (SSSR count). The highest BCUT2D eigenvalue weighted by atomic mass is 35.5. The number of carboxylic acids is 1. The number of hydrogen-bond acceptors (Lipinski definition) is 5. The molecule has 0 amide bonds. The van der Waals surface area contributed by atoms with Crippen molar-refractivity contribution in [2.24, 2.45) is 0 Å². The van der Waals surface area contributed by atoms with Gasteiger partial charge in [0.05, 0.1) is 16.8 Å². The van der Waals surface area contributed by atoms with Crippen LogP contribution in [0.3, 0.4) is 0 Å². The maximum atomic E-state index is 11.1. The number of nitrogen functional groups attached to an aromatic ring is 1. The fourth-order valence-electron chi connectivity index (χ4n) is 3.03. The summed E-state index contributed by atoms with van der Waals surface area (Å²) in [5, 5.41) is 10.5. The van der Waals surface area contributed by atoms with Crippen LogP contribution in [0.25, 0.3) is 22.2 Å². The molecule has 0 atom stereocenters. The molecule has 0 bridgehead atoms. The second-order valence-electron chi connectivity index (χ2n) is 6.41. The quantitative estimate of drug-likeness (QED) is 0.494. The van der Waals surface area contributed by atoms with Crippen LogP contribution in [0, 0.1) is 0 Å². The summed E-state index contributed by atoms with van der Waals surface area (Å²) < 4.78 is 5.86. The predicted molar refractivity (Wildman–Crippen MR) is 112 cm³/mol. The number of fused-ring (bicyclic) bond motifs is 1. The fourth-order valence-corrected chi connectivity index (χ4v) is 3.20. The molecule has 0 saturated heterocycles. The number of nitrogens with zero attached hydrogens (tertiary/aromatic N) is 2. The second kappa shape index (κ2) is 7.77. The number of carbonyl (C=O) groups is 1. The molecule has 0 saturated carbocycles. The number of carboxylic acid groups (broad SMARTS) is 1. The van der Waals surface area contributed by atoms with E-state index in [9.17, 15) is 4.79 Å². The summed E-state index contributed by atoms with van der Waals surface area (Å²) in [6, 6.07) is 19.4. The zero-order valence-electron chi connectivity index (χ0n) is 15.2. The van der Waals surface area contributed by atoms with Crippen molar-refractivity contribution in [2.45, 2.75) is 6.61 Å². The Morgan fingerprint density at radius 3 is 2.69 bits per heavy atom. The van der Waals surface area contributed by atoms with E-state index in [-0.39, 0.29) is 18.1 Å². The van der Waals surface area contributed by atoms with Crippen molar-refractivity contribution in [3.63, 3.8) is 0 Å². The summed E-state index contributed by atoms with van der Waals surface area (Å²) in [4.78, 5) is 19.8. The van der Waals surface area contributed by atoms with Gasteiger partial charge in [-0.1, -0.05) is 35.9 Å². The van der Waals surface area contributed by atoms with Crippen LogP contribution >= 0.6 is 11.6 Å². The lowest BCUT2D eigenvalue weighted by Crippen LogP contribution is -2.01. The third-order valence-corrected chi connectivity index (χ3v) is 4.60. The lowest BCUT2D eigenvalue weighted by Gasteiger charge is -2.11. The second-order valence-corrected chi connectivity index (χ2v) is 6.85. The average Bonchev–Trinajstić information content (AvgIpc) is 2.72. The molecule has 3 N–H and O–H groups in total. The highest BCUT2D eigenvalue weighted by Gasteiger charge is 2.11. The van der Waals surface area contributed by atoms with Gasteiger partial charge in [0.25, 0.3) is 0 Å². The van der Waals surface area contributed by atoms with Gasteiger partial charge in [-0.2, -0.15) is 0 Å². The molecule has 0 aliphatic rings. The van der Waals surface area contributed by atoms with E-state index >= 15 is 0 Å². The Bertz CT molecular complexity index is 1230. The Balaban J connectivity index is 1.65. The van der Waals surface area contributed by atoms with E-state index in [4.69, 9.17) is 27.2 Å². The van der Waals surface area contributed by atoms with Crippen molar-refractivity contribution in [1.82, 2.24) is 9.97 Å². The first-order valence-corrected chi connectivity index (χ1v) is 9.15. The molecule has 0 unspecified atom stereocenters. The van der Waals surface area contributed by atoms with Crippen molar-refractivity contribution in [2.75, 3.05) is 5.73 Å². The minimum Gasteiger partial charge on any atom is -0.489 e. The lowest BCUT2D eigenvalue weighted by molar-refractivity contribution is 0.0696. The standard InChI is InChI=1S/C22H16ClN3O3/c23-16-7-8-19-18(11-16)20(26-22(24)25-19)14-4-2-6-17(10-14)29-12-13-3-1-5-15(9-13)21(27)28/h1-11H,12H2,(H,27,28)(H2,24,25,26). The van der Waals surface area contributed by atoms with E-state index in [2.05, 4.69) is 9.97 Å². The van der Waals surface area contributed by atoms with Gasteiger partial charge in [-0.05, 0) is 48.0 Å². The Morgan fingerprint density at radius 1 is 1.03 bits per heavy atom. The van der Waals surface area contributed by atoms with Gasteiger partial charge in [0.1, 0.15) is 12.4 Å². The minimum atomic E-state index is -0.972. The van der Waals surface area contributed by atoms with E-state index in [1.54, 1.807) is 36.4 Å². The van der Waals surface area contributed by atoms with Crippen LogP contribution in [-0.2, 0) is 6.61 Å². The first-order valence-electron chi connectivity index (χ1n) is 8.78.